The molecule has 7 heteroatoms. The third-order valence-corrected chi connectivity index (χ3v) is 10.3. The van der Waals surface area contributed by atoms with Crippen LogP contribution < -0.4 is 0 Å². The zero-order chi connectivity index (χ0) is 11.2. The van der Waals surface area contributed by atoms with Gasteiger partial charge in [-0.05, 0) is 19.1 Å². The Labute approximate surface area is 92.7 Å². The molecule has 0 atom stereocenters. The Morgan fingerprint density at radius 1 is 1.43 bits per heavy atom. The first-order valence-electron chi connectivity index (χ1n) is 4.12. The van der Waals surface area contributed by atoms with Crippen molar-refractivity contribution in [3.05, 3.63) is 0 Å². The zero-order valence-electron chi connectivity index (χ0n) is 8.60. The van der Waals surface area contributed by atoms with E-state index >= 15 is 0 Å². The fourth-order valence-electron chi connectivity index (χ4n) is 0.888. The van der Waals surface area contributed by atoms with Crippen LogP contribution >= 0.6 is 28.3 Å². The van der Waals surface area contributed by atoms with Crippen LogP contribution in [0.2, 0.25) is 0 Å². The molecule has 0 radical (unpaired) electrons. The van der Waals surface area contributed by atoms with E-state index in [0.717, 1.165) is 0 Å². The molecule has 84 valence electrons. The highest BCUT2D eigenvalue weighted by molar-refractivity contribution is 8.90. The zero-order valence-corrected chi connectivity index (χ0v) is 11.1. The van der Waals surface area contributed by atoms with Gasteiger partial charge in [-0.15, -0.1) is 0 Å². The van der Waals surface area contributed by atoms with Gasteiger partial charge in [-0.2, -0.15) is 0 Å². The Hall–Kier alpha value is 0.360. The number of carbonyl (C=O) groups is 1. The van der Waals surface area contributed by atoms with Crippen molar-refractivity contribution in [3.63, 3.8) is 0 Å². The molecule has 4 nitrogen and oxygen atoms in total. The summed E-state index contributed by atoms with van der Waals surface area (Å²) in [4.78, 5) is 12.2. The highest BCUT2D eigenvalue weighted by Crippen LogP contribution is 2.66. The second kappa shape index (κ2) is 6.77. The first kappa shape index (κ1) is 14.4. The van der Waals surface area contributed by atoms with Crippen molar-refractivity contribution >= 4 is 34.3 Å². The van der Waals surface area contributed by atoms with Gasteiger partial charge in [0, 0.05) is 0 Å². The number of nitrogens with zero attached hydrogens (tertiary/aromatic N) is 1. The van der Waals surface area contributed by atoms with Gasteiger partial charge in [0.05, 0.1) is 12.8 Å². The maximum Gasteiger partial charge on any atom is 0.317 e. The molecule has 0 aromatic carbocycles. The van der Waals surface area contributed by atoms with Gasteiger partial charge in [0.1, 0.15) is 0 Å². The van der Waals surface area contributed by atoms with E-state index in [0.29, 0.717) is 12.8 Å². The van der Waals surface area contributed by atoms with Crippen molar-refractivity contribution in [2.24, 2.45) is 0 Å². The largest absolute Gasteiger partial charge is 0.480 e. The van der Waals surface area contributed by atoms with Crippen LogP contribution in [-0.4, -0.2) is 47.9 Å². The van der Waals surface area contributed by atoms with E-state index in [1.165, 1.54) is 22.8 Å². The second-order valence-electron chi connectivity index (χ2n) is 2.66. The van der Waals surface area contributed by atoms with E-state index < -0.39 is 11.5 Å². The van der Waals surface area contributed by atoms with Crippen LogP contribution in [0.5, 0.6) is 0 Å². The normalized spacial score (nSPS) is 12.0. The summed E-state index contributed by atoms with van der Waals surface area (Å²) in [6.07, 6.45) is 3.95. The van der Waals surface area contributed by atoms with Crippen molar-refractivity contribution in [3.8, 4) is 0 Å². The molecule has 0 rings (SSSR count). The Balaban J connectivity index is 4.29. The molecule has 0 amide bonds. The van der Waals surface area contributed by atoms with Crippen molar-refractivity contribution in [2.45, 2.75) is 6.92 Å². The standard InChI is InChI=1S/C7H16NO3PS2/c1-4-8(5-7(9)10)6-12(11,13-2)14-3/h4-6H2,1-3H3,(H,9,10). The molecule has 0 heterocycles. The predicted octanol–water partition coefficient (Wildman–Crippen LogP) is 2.27. The van der Waals surface area contributed by atoms with Crippen LogP contribution in [0.4, 0.5) is 0 Å². The minimum absolute atomic E-state index is 0.0401. The molecule has 0 saturated carbocycles. The van der Waals surface area contributed by atoms with Crippen molar-refractivity contribution in [2.75, 3.05) is 31.9 Å². The Morgan fingerprint density at radius 3 is 2.21 bits per heavy atom. The summed E-state index contributed by atoms with van der Waals surface area (Å²) in [6, 6.07) is 0. The van der Waals surface area contributed by atoms with Crippen molar-refractivity contribution in [1.82, 2.24) is 4.90 Å². The van der Waals surface area contributed by atoms with Gasteiger partial charge in [0.15, 0.2) is 0 Å². The molecular formula is C7H16NO3PS2. The van der Waals surface area contributed by atoms with Crippen LogP contribution in [0.25, 0.3) is 0 Å². The summed E-state index contributed by atoms with van der Waals surface area (Å²) in [7, 11) is 0. The van der Waals surface area contributed by atoms with Gasteiger partial charge in [0.25, 0.3) is 0 Å². The van der Waals surface area contributed by atoms with E-state index in [9.17, 15) is 9.36 Å². The predicted molar refractivity (Wildman–Crippen MR) is 64.4 cm³/mol. The van der Waals surface area contributed by atoms with E-state index in [2.05, 4.69) is 0 Å². The average Bonchev–Trinajstić information content (AvgIpc) is 2.16. The smallest absolute Gasteiger partial charge is 0.317 e. The molecule has 0 aromatic rings. The van der Waals surface area contributed by atoms with Gasteiger partial charge < -0.3 is 5.11 Å². The van der Waals surface area contributed by atoms with E-state index in [1.807, 2.05) is 6.92 Å². The van der Waals surface area contributed by atoms with Crippen LogP contribution in [0.3, 0.4) is 0 Å². The SMILES string of the molecule is CCN(CC(=O)O)CP(=O)(SC)SC. The summed E-state index contributed by atoms with van der Waals surface area (Å²) in [6.45, 7) is 2.44. The highest BCUT2D eigenvalue weighted by Gasteiger charge is 2.23. The molecule has 0 aliphatic heterocycles. The topological polar surface area (TPSA) is 57.6 Å². The Bertz CT molecular complexity index is 229. The summed E-state index contributed by atoms with van der Waals surface area (Å²) in [5, 5.41) is 8.61. The molecule has 0 saturated heterocycles. The summed E-state index contributed by atoms with van der Waals surface area (Å²) >= 11 is 2.65. The molecule has 0 bridgehead atoms. The van der Waals surface area contributed by atoms with Gasteiger partial charge >= 0.3 is 5.97 Å². The molecular weight excluding hydrogens is 241 g/mol. The number of hydrogen-bond acceptors (Lipinski definition) is 5. The van der Waals surface area contributed by atoms with E-state index in [-0.39, 0.29) is 6.54 Å². The third-order valence-electron chi connectivity index (χ3n) is 1.74. The lowest BCUT2D eigenvalue weighted by atomic mass is 10.5. The van der Waals surface area contributed by atoms with Gasteiger partial charge in [-0.25, -0.2) is 0 Å². The lowest BCUT2D eigenvalue weighted by molar-refractivity contribution is -0.138. The van der Waals surface area contributed by atoms with Crippen molar-refractivity contribution < 1.29 is 14.5 Å². The second-order valence-corrected chi connectivity index (χ2v) is 11.3. The molecule has 1 N–H and O–H groups in total. The van der Waals surface area contributed by atoms with Crippen LogP contribution in [0, 0.1) is 0 Å². The van der Waals surface area contributed by atoms with Gasteiger partial charge in [-0.3, -0.25) is 14.3 Å². The third kappa shape index (κ3) is 5.29. The highest BCUT2D eigenvalue weighted by atomic mass is 33.1. The minimum Gasteiger partial charge on any atom is -0.480 e. The number of carboxylic acids is 1. The Morgan fingerprint density at radius 2 is 1.93 bits per heavy atom. The van der Waals surface area contributed by atoms with Crippen molar-refractivity contribution in [1.29, 1.82) is 0 Å². The summed E-state index contributed by atoms with van der Waals surface area (Å²) < 4.78 is 12.0. The number of carboxylic acid groups (broad SMARTS) is 1. The van der Waals surface area contributed by atoms with Crippen LogP contribution in [-0.2, 0) is 9.36 Å². The fraction of sp³-hybridized carbons (Fsp3) is 0.857. The van der Waals surface area contributed by atoms with E-state index in [1.54, 1.807) is 17.4 Å². The van der Waals surface area contributed by atoms with Gasteiger partial charge in [0.2, 0.25) is 5.55 Å². The minimum atomic E-state index is -2.31. The molecule has 0 spiro atoms. The van der Waals surface area contributed by atoms with Gasteiger partial charge in [-0.1, -0.05) is 29.7 Å². The maximum absolute atomic E-state index is 12.0. The first-order valence-corrected chi connectivity index (χ1v) is 9.67. The number of rotatable bonds is 7. The number of hydrogen-bond donors (Lipinski definition) is 1. The molecule has 0 aliphatic rings. The number of likely N-dealkylation sites (N-methyl/N-ethyl adjacent to an activating group) is 1. The quantitative estimate of drug-likeness (QED) is 0.706. The average molecular weight is 257 g/mol. The monoisotopic (exact) mass is 257 g/mol. The summed E-state index contributed by atoms with van der Waals surface area (Å²) in [5.41, 5.74) is -2.31. The van der Waals surface area contributed by atoms with E-state index in [4.69, 9.17) is 5.11 Å². The molecule has 0 aromatic heterocycles. The molecule has 0 fully saturated rings. The summed E-state index contributed by atoms with van der Waals surface area (Å²) in [5.74, 6) is -0.874. The van der Waals surface area contributed by atoms with Crippen LogP contribution in [0.15, 0.2) is 0 Å². The van der Waals surface area contributed by atoms with Crippen LogP contribution in [0.1, 0.15) is 6.92 Å². The number of aliphatic carboxylic acids is 1. The molecule has 0 aliphatic carbocycles. The maximum atomic E-state index is 12.0. The Kier molecular flexibility index (Phi) is 6.95. The lowest BCUT2D eigenvalue weighted by Gasteiger charge is -2.22. The molecule has 0 unspecified atom stereocenters. The molecule has 14 heavy (non-hydrogen) atoms. The fourth-order valence-corrected chi connectivity index (χ4v) is 5.52. The first-order chi connectivity index (χ1) is 6.47. The lowest BCUT2D eigenvalue weighted by Crippen LogP contribution is -2.29.